The molecule has 6 nitrogen and oxygen atoms in total. The standard InChI is InChI=1S/C14H15N5OS/c15-12(6-10-7-16-9-17-10)14-18-13(19-20-14)8-21-11-4-2-1-3-5-11/h1-5,7,9,12H,6,8,15H2,(H,16,17)/t12-/m0/s1. The van der Waals surface area contributed by atoms with E-state index in [-0.39, 0.29) is 6.04 Å². The minimum Gasteiger partial charge on any atom is -0.348 e. The SMILES string of the molecule is N[C@@H](Cc1cnc[nH]1)c1nc(CSc2ccccc2)no1. The molecular weight excluding hydrogens is 286 g/mol. The first-order valence-corrected chi connectivity index (χ1v) is 7.53. The molecule has 1 atom stereocenters. The van der Waals surface area contributed by atoms with Gasteiger partial charge in [0.1, 0.15) is 0 Å². The predicted octanol–water partition coefficient (Wildman–Crippen LogP) is 2.33. The average molecular weight is 301 g/mol. The highest BCUT2D eigenvalue weighted by Crippen LogP contribution is 2.21. The number of nitrogens with two attached hydrogens (primary N) is 1. The van der Waals surface area contributed by atoms with Gasteiger partial charge in [-0.05, 0) is 12.1 Å². The average Bonchev–Trinajstić information content (AvgIpc) is 3.17. The summed E-state index contributed by atoms with van der Waals surface area (Å²) in [4.78, 5) is 12.5. The van der Waals surface area contributed by atoms with Gasteiger partial charge in [0.2, 0.25) is 5.89 Å². The summed E-state index contributed by atoms with van der Waals surface area (Å²) in [5.74, 6) is 1.76. The number of hydrogen-bond donors (Lipinski definition) is 2. The Morgan fingerprint density at radius 3 is 2.90 bits per heavy atom. The molecule has 0 aliphatic carbocycles. The summed E-state index contributed by atoms with van der Waals surface area (Å²) >= 11 is 1.66. The number of aromatic nitrogens is 4. The topological polar surface area (TPSA) is 93.6 Å². The summed E-state index contributed by atoms with van der Waals surface area (Å²) in [6.07, 6.45) is 3.95. The molecule has 0 spiro atoms. The second-order valence-corrected chi connectivity index (χ2v) is 5.59. The molecule has 0 aliphatic rings. The van der Waals surface area contributed by atoms with Crippen LogP contribution in [0.4, 0.5) is 0 Å². The maximum atomic E-state index is 6.06. The van der Waals surface area contributed by atoms with Crippen molar-refractivity contribution in [3.63, 3.8) is 0 Å². The molecule has 0 radical (unpaired) electrons. The number of aromatic amines is 1. The van der Waals surface area contributed by atoms with Crippen LogP contribution in [-0.4, -0.2) is 20.1 Å². The molecule has 0 unspecified atom stereocenters. The summed E-state index contributed by atoms with van der Waals surface area (Å²) < 4.78 is 5.23. The Bertz CT molecular complexity index is 668. The molecule has 0 aliphatic heterocycles. The third-order valence-corrected chi connectivity index (χ3v) is 3.91. The number of imidazole rings is 1. The second kappa shape index (κ2) is 6.55. The lowest BCUT2D eigenvalue weighted by molar-refractivity contribution is 0.350. The number of hydrogen-bond acceptors (Lipinski definition) is 6. The molecule has 3 rings (SSSR count). The molecule has 108 valence electrons. The summed E-state index contributed by atoms with van der Waals surface area (Å²) in [5.41, 5.74) is 7.00. The fraction of sp³-hybridized carbons (Fsp3) is 0.214. The largest absolute Gasteiger partial charge is 0.348 e. The summed E-state index contributed by atoms with van der Waals surface area (Å²) in [5, 5.41) is 3.97. The van der Waals surface area contributed by atoms with E-state index in [9.17, 15) is 0 Å². The molecule has 2 aromatic heterocycles. The van der Waals surface area contributed by atoms with Crippen LogP contribution < -0.4 is 5.73 Å². The Hall–Kier alpha value is -2.12. The van der Waals surface area contributed by atoms with E-state index in [0.717, 1.165) is 5.69 Å². The van der Waals surface area contributed by atoms with Gasteiger partial charge in [-0.1, -0.05) is 23.4 Å². The van der Waals surface area contributed by atoms with Crippen molar-refractivity contribution in [3.05, 3.63) is 60.3 Å². The number of H-pyrrole nitrogens is 1. The van der Waals surface area contributed by atoms with Crippen LogP contribution in [0.25, 0.3) is 0 Å². The van der Waals surface area contributed by atoms with Gasteiger partial charge in [-0.15, -0.1) is 11.8 Å². The van der Waals surface area contributed by atoms with E-state index in [1.807, 2.05) is 18.2 Å². The first kappa shape index (κ1) is 13.8. The van der Waals surface area contributed by atoms with Crippen molar-refractivity contribution in [2.45, 2.75) is 23.1 Å². The van der Waals surface area contributed by atoms with E-state index in [4.69, 9.17) is 10.3 Å². The Morgan fingerprint density at radius 1 is 1.29 bits per heavy atom. The van der Waals surface area contributed by atoms with Crippen LogP contribution in [0.5, 0.6) is 0 Å². The van der Waals surface area contributed by atoms with Gasteiger partial charge in [0.05, 0.1) is 18.1 Å². The number of thioether (sulfide) groups is 1. The molecule has 0 fully saturated rings. The Balaban J connectivity index is 1.58. The van der Waals surface area contributed by atoms with Gasteiger partial charge in [-0.3, -0.25) is 0 Å². The van der Waals surface area contributed by atoms with Crippen molar-refractivity contribution in [1.82, 2.24) is 20.1 Å². The lowest BCUT2D eigenvalue weighted by atomic mass is 10.2. The summed E-state index contributed by atoms with van der Waals surface area (Å²) in [6.45, 7) is 0. The minimum absolute atomic E-state index is 0.326. The second-order valence-electron chi connectivity index (χ2n) is 4.54. The third kappa shape index (κ3) is 3.71. The molecule has 0 saturated heterocycles. The van der Waals surface area contributed by atoms with Gasteiger partial charge in [-0.25, -0.2) is 4.98 Å². The van der Waals surface area contributed by atoms with Gasteiger partial charge in [0.25, 0.3) is 0 Å². The molecule has 3 N–H and O–H groups in total. The Labute approximate surface area is 126 Å². The number of nitrogens with one attached hydrogen (secondary N) is 1. The smallest absolute Gasteiger partial charge is 0.243 e. The van der Waals surface area contributed by atoms with Crippen LogP contribution in [0, 0.1) is 0 Å². The van der Waals surface area contributed by atoms with Gasteiger partial charge < -0.3 is 15.2 Å². The van der Waals surface area contributed by atoms with Gasteiger partial charge in [0, 0.05) is 23.2 Å². The first-order chi connectivity index (χ1) is 10.3. The third-order valence-electron chi connectivity index (χ3n) is 2.91. The lowest BCUT2D eigenvalue weighted by Gasteiger charge is -2.03. The van der Waals surface area contributed by atoms with Crippen molar-refractivity contribution in [1.29, 1.82) is 0 Å². The number of benzene rings is 1. The number of rotatable bonds is 6. The van der Waals surface area contributed by atoms with Crippen molar-refractivity contribution < 1.29 is 4.52 Å². The zero-order valence-corrected chi connectivity index (χ0v) is 12.1. The van der Waals surface area contributed by atoms with E-state index < -0.39 is 0 Å². The summed E-state index contributed by atoms with van der Waals surface area (Å²) in [7, 11) is 0. The molecule has 0 saturated carbocycles. The normalized spacial score (nSPS) is 12.4. The molecule has 7 heteroatoms. The zero-order valence-electron chi connectivity index (χ0n) is 11.3. The van der Waals surface area contributed by atoms with E-state index in [2.05, 4.69) is 32.2 Å². The van der Waals surface area contributed by atoms with E-state index in [1.165, 1.54) is 4.90 Å². The molecule has 21 heavy (non-hydrogen) atoms. The predicted molar refractivity (Wildman–Crippen MR) is 79.5 cm³/mol. The highest BCUT2D eigenvalue weighted by Gasteiger charge is 2.16. The van der Waals surface area contributed by atoms with Crippen molar-refractivity contribution in [2.75, 3.05) is 0 Å². The zero-order chi connectivity index (χ0) is 14.5. The Kier molecular flexibility index (Phi) is 4.32. The van der Waals surface area contributed by atoms with E-state index >= 15 is 0 Å². The van der Waals surface area contributed by atoms with Crippen LogP contribution in [-0.2, 0) is 12.2 Å². The minimum atomic E-state index is -0.326. The van der Waals surface area contributed by atoms with Gasteiger partial charge in [0.15, 0.2) is 5.82 Å². The van der Waals surface area contributed by atoms with Crippen LogP contribution >= 0.6 is 11.8 Å². The van der Waals surface area contributed by atoms with Crippen LogP contribution in [0.15, 0.2) is 52.3 Å². The summed E-state index contributed by atoms with van der Waals surface area (Å²) in [6, 6.07) is 9.78. The van der Waals surface area contributed by atoms with Crippen LogP contribution in [0.2, 0.25) is 0 Å². The molecule has 2 heterocycles. The van der Waals surface area contributed by atoms with Crippen molar-refractivity contribution in [3.8, 4) is 0 Å². The monoisotopic (exact) mass is 301 g/mol. The molecular formula is C14H15N5OS. The highest BCUT2D eigenvalue weighted by atomic mass is 32.2. The maximum absolute atomic E-state index is 6.06. The van der Waals surface area contributed by atoms with E-state index in [0.29, 0.717) is 23.9 Å². The highest BCUT2D eigenvalue weighted by molar-refractivity contribution is 7.98. The fourth-order valence-electron chi connectivity index (χ4n) is 1.86. The molecule has 0 bridgehead atoms. The lowest BCUT2D eigenvalue weighted by Crippen LogP contribution is -2.14. The fourth-order valence-corrected chi connectivity index (χ4v) is 2.62. The quantitative estimate of drug-likeness (QED) is 0.679. The van der Waals surface area contributed by atoms with E-state index in [1.54, 1.807) is 24.3 Å². The van der Waals surface area contributed by atoms with Crippen molar-refractivity contribution in [2.24, 2.45) is 5.73 Å². The van der Waals surface area contributed by atoms with Gasteiger partial charge in [-0.2, -0.15) is 4.98 Å². The van der Waals surface area contributed by atoms with Crippen molar-refractivity contribution >= 4 is 11.8 Å². The molecule has 3 aromatic rings. The number of nitrogens with zero attached hydrogens (tertiary/aromatic N) is 3. The van der Waals surface area contributed by atoms with Gasteiger partial charge >= 0.3 is 0 Å². The Morgan fingerprint density at radius 2 is 2.14 bits per heavy atom. The molecule has 0 amide bonds. The maximum Gasteiger partial charge on any atom is 0.243 e. The first-order valence-electron chi connectivity index (χ1n) is 6.54. The van der Waals surface area contributed by atoms with Crippen LogP contribution in [0.3, 0.4) is 0 Å². The van der Waals surface area contributed by atoms with Crippen LogP contribution in [0.1, 0.15) is 23.5 Å². The molecule has 1 aromatic carbocycles.